The molecular formula is C26H32N2O5. The number of hydrogen-bond acceptors (Lipinski definition) is 5. The molecule has 0 spiro atoms. The first-order valence-corrected chi connectivity index (χ1v) is 11.3. The third-order valence-corrected chi connectivity index (χ3v) is 5.38. The number of hydrogen-bond donors (Lipinski definition) is 1. The van der Waals surface area contributed by atoms with Gasteiger partial charge in [-0.05, 0) is 56.2 Å². The average Bonchev–Trinajstić information content (AvgIpc) is 3.03. The minimum Gasteiger partial charge on any atom is -0.872 e. The molecule has 7 heteroatoms. The summed E-state index contributed by atoms with van der Waals surface area (Å²) >= 11 is 0. The number of nitrogens with one attached hydrogen (secondary N) is 1. The highest BCUT2D eigenvalue weighted by atomic mass is 16.5. The number of rotatable bonds is 9. The number of carbonyl (C=O) groups is 2. The minimum atomic E-state index is -0.741. The lowest BCUT2D eigenvalue weighted by Crippen LogP contribution is -3.06. The van der Waals surface area contributed by atoms with E-state index in [1.165, 1.54) is 4.90 Å². The van der Waals surface area contributed by atoms with Crippen LogP contribution < -0.4 is 19.5 Å². The van der Waals surface area contributed by atoms with Gasteiger partial charge in [-0.2, -0.15) is 0 Å². The fraction of sp³-hybridized carbons (Fsp3) is 0.385. The summed E-state index contributed by atoms with van der Waals surface area (Å²) in [6.07, 6.45) is 0.00591. The van der Waals surface area contributed by atoms with E-state index >= 15 is 0 Å². The second kappa shape index (κ2) is 10.5. The number of ketones is 1. The van der Waals surface area contributed by atoms with Gasteiger partial charge in [-0.15, -0.1) is 0 Å². The summed E-state index contributed by atoms with van der Waals surface area (Å²) in [7, 11) is 3.95. The molecule has 0 saturated carbocycles. The predicted octanol–water partition coefficient (Wildman–Crippen LogP) is 1.24. The molecule has 176 valence electrons. The Balaban J connectivity index is 2.05. The van der Waals surface area contributed by atoms with Crippen LogP contribution >= 0.6 is 0 Å². The molecule has 0 bridgehead atoms. The Morgan fingerprint density at radius 1 is 1.03 bits per heavy atom. The van der Waals surface area contributed by atoms with Crippen molar-refractivity contribution in [2.24, 2.45) is 0 Å². The van der Waals surface area contributed by atoms with E-state index in [1.54, 1.807) is 36.4 Å². The zero-order valence-corrected chi connectivity index (χ0v) is 19.9. The number of ether oxygens (including phenoxy) is 2. The van der Waals surface area contributed by atoms with E-state index < -0.39 is 23.5 Å². The number of Topliss-reactive ketones (excluding diaryl/α,β-unsaturated/α-hetero) is 1. The number of quaternary nitrogens is 1. The molecule has 1 aliphatic heterocycles. The Kier molecular flexibility index (Phi) is 7.76. The molecule has 1 amide bonds. The second-order valence-corrected chi connectivity index (χ2v) is 8.62. The van der Waals surface area contributed by atoms with Crippen molar-refractivity contribution in [2.75, 3.05) is 33.8 Å². The molecule has 0 aliphatic carbocycles. The van der Waals surface area contributed by atoms with Gasteiger partial charge in [-0.1, -0.05) is 30.0 Å². The van der Waals surface area contributed by atoms with Crippen LogP contribution in [0.2, 0.25) is 0 Å². The quantitative estimate of drug-likeness (QED) is 0.352. The van der Waals surface area contributed by atoms with Crippen LogP contribution in [0.15, 0.2) is 54.1 Å². The van der Waals surface area contributed by atoms with E-state index in [2.05, 4.69) is 0 Å². The van der Waals surface area contributed by atoms with Crippen LogP contribution in [0.5, 0.6) is 11.5 Å². The molecule has 1 atom stereocenters. The van der Waals surface area contributed by atoms with Crippen LogP contribution in [0.1, 0.15) is 37.9 Å². The highest BCUT2D eigenvalue weighted by molar-refractivity contribution is 6.46. The van der Waals surface area contributed by atoms with E-state index in [-0.39, 0.29) is 11.7 Å². The molecule has 3 rings (SSSR count). The number of carbonyl (C=O) groups excluding carboxylic acids is 2. The predicted molar refractivity (Wildman–Crippen MR) is 124 cm³/mol. The third kappa shape index (κ3) is 5.54. The van der Waals surface area contributed by atoms with Crippen molar-refractivity contribution in [1.82, 2.24) is 4.90 Å². The van der Waals surface area contributed by atoms with E-state index in [0.29, 0.717) is 42.3 Å². The van der Waals surface area contributed by atoms with Crippen molar-refractivity contribution in [1.29, 1.82) is 0 Å². The Bertz CT molecular complexity index is 1010. The van der Waals surface area contributed by atoms with Gasteiger partial charge in [0.2, 0.25) is 5.78 Å². The Morgan fingerprint density at radius 3 is 2.18 bits per heavy atom. The lowest BCUT2D eigenvalue weighted by Gasteiger charge is -2.28. The molecule has 2 aromatic rings. The molecule has 1 aliphatic rings. The number of benzene rings is 2. The van der Waals surface area contributed by atoms with Gasteiger partial charge in [0.05, 0.1) is 45.9 Å². The molecule has 1 fully saturated rings. The van der Waals surface area contributed by atoms with Crippen LogP contribution in [0, 0.1) is 0 Å². The fourth-order valence-electron chi connectivity index (χ4n) is 3.82. The third-order valence-electron chi connectivity index (χ3n) is 5.38. The van der Waals surface area contributed by atoms with Gasteiger partial charge < -0.3 is 24.4 Å². The van der Waals surface area contributed by atoms with Crippen molar-refractivity contribution < 1.29 is 29.1 Å². The molecule has 2 aromatic carbocycles. The SMILES string of the molecule is CCOc1ccc(C2C(=C([O-])c3ccc(OC(C)C)cc3)C(=O)C(=O)N2CC[NH+](C)C)cc1. The normalized spacial score (nSPS) is 17.8. The van der Waals surface area contributed by atoms with Crippen LogP contribution in [-0.4, -0.2) is 56.5 Å². The summed E-state index contributed by atoms with van der Waals surface area (Å²) in [6, 6.07) is 13.1. The largest absolute Gasteiger partial charge is 0.872 e. The van der Waals surface area contributed by atoms with Crippen LogP contribution in [-0.2, 0) is 9.59 Å². The molecule has 7 nitrogen and oxygen atoms in total. The highest BCUT2D eigenvalue weighted by Crippen LogP contribution is 2.39. The van der Waals surface area contributed by atoms with Crippen LogP contribution in [0.25, 0.3) is 5.76 Å². The first-order valence-electron chi connectivity index (χ1n) is 11.3. The number of likely N-dealkylation sites (N-methyl/N-ethyl adjacent to an activating group) is 1. The molecule has 0 radical (unpaired) electrons. The highest BCUT2D eigenvalue weighted by Gasteiger charge is 2.44. The maximum atomic E-state index is 13.5. The maximum absolute atomic E-state index is 13.5. The van der Waals surface area contributed by atoms with Gasteiger partial charge in [0.15, 0.2) is 0 Å². The molecule has 1 N–H and O–H groups in total. The van der Waals surface area contributed by atoms with Crippen LogP contribution in [0.4, 0.5) is 0 Å². The Labute approximate surface area is 195 Å². The van der Waals surface area contributed by atoms with E-state index in [0.717, 1.165) is 4.90 Å². The Morgan fingerprint density at radius 2 is 1.64 bits per heavy atom. The summed E-state index contributed by atoms with van der Waals surface area (Å²) in [5.74, 6) is -0.495. The lowest BCUT2D eigenvalue weighted by atomic mass is 9.95. The van der Waals surface area contributed by atoms with Gasteiger partial charge in [0.25, 0.3) is 5.91 Å². The minimum absolute atomic E-state index is 0.00591. The van der Waals surface area contributed by atoms with Gasteiger partial charge in [0, 0.05) is 5.57 Å². The zero-order valence-electron chi connectivity index (χ0n) is 19.9. The molecule has 33 heavy (non-hydrogen) atoms. The van der Waals surface area contributed by atoms with Gasteiger partial charge in [-0.25, -0.2) is 0 Å². The first-order chi connectivity index (χ1) is 15.7. The van der Waals surface area contributed by atoms with Gasteiger partial charge >= 0.3 is 0 Å². The van der Waals surface area contributed by atoms with E-state index in [4.69, 9.17) is 9.47 Å². The molecule has 1 unspecified atom stereocenters. The zero-order chi connectivity index (χ0) is 24.1. The van der Waals surface area contributed by atoms with Crippen molar-refractivity contribution in [3.05, 3.63) is 65.2 Å². The average molecular weight is 453 g/mol. The van der Waals surface area contributed by atoms with E-state index in [1.807, 2.05) is 47.0 Å². The van der Waals surface area contributed by atoms with Gasteiger partial charge in [0.1, 0.15) is 11.5 Å². The standard InChI is InChI=1S/C26H32N2O5/c1-6-32-20-11-7-18(8-12-20)23-22(25(30)26(31)28(23)16-15-27(4)5)24(29)19-9-13-21(14-10-19)33-17(2)3/h7-14,17,23,29H,6,15-16H2,1-5H3. The first kappa shape index (κ1) is 24.3. The Hall–Kier alpha value is -3.32. The molecule has 1 saturated heterocycles. The van der Waals surface area contributed by atoms with Crippen LogP contribution in [0.3, 0.4) is 0 Å². The van der Waals surface area contributed by atoms with Crippen molar-refractivity contribution in [3.8, 4) is 11.5 Å². The number of nitrogens with zero attached hydrogens (tertiary/aromatic N) is 1. The summed E-state index contributed by atoms with van der Waals surface area (Å²) in [6.45, 7) is 7.28. The molecule has 0 aromatic heterocycles. The second-order valence-electron chi connectivity index (χ2n) is 8.62. The smallest absolute Gasteiger partial charge is 0.295 e. The summed E-state index contributed by atoms with van der Waals surface area (Å²) in [5, 5.41) is 13.5. The van der Waals surface area contributed by atoms with Crippen molar-refractivity contribution in [2.45, 2.75) is 32.9 Å². The maximum Gasteiger partial charge on any atom is 0.295 e. The lowest BCUT2D eigenvalue weighted by molar-refractivity contribution is -0.857. The molecule has 1 heterocycles. The van der Waals surface area contributed by atoms with Gasteiger partial charge in [-0.3, -0.25) is 9.59 Å². The topological polar surface area (TPSA) is 83.3 Å². The van der Waals surface area contributed by atoms with E-state index in [9.17, 15) is 14.7 Å². The molecular weight excluding hydrogens is 420 g/mol. The van der Waals surface area contributed by atoms with Crippen molar-refractivity contribution in [3.63, 3.8) is 0 Å². The fourth-order valence-corrected chi connectivity index (χ4v) is 3.82. The monoisotopic (exact) mass is 452 g/mol. The number of amides is 1. The summed E-state index contributed by atoms with van der Waals surface area (Å²) in [4.78, 5) is 28.6. The van der Waals surface area contributed by atoms with Crippen molar-refractivity contribution >= 4 is 17.4 Å². The number of likely N-dealkylation sites (tertiary alicyclic amines) is 1. The summed E-state index contributed by atoms with van der Waals surface area (Å²) in [5.41, 5.74) is 1.03. The summed E-state index contributed by atoms with van der Waals surface area (Å²) < 4.78 is 11.2.